The summed E-state index contributed by atoms with van der Waals surface area (Å²) in [5, 5.41) is 8.31. The Hall–Kier alpha value is -2.20. The smallest absolute Gasteiger partial charge is 0.191 e. The Morgan fingerprint density at radius 2 is 1.62 bits per heavy atom. The lowest BCUT2D eigenvalue weighted by atomic mass is 10.0. The van der Waals surface area contributed by atoms with Crippen molar-refractivity contribution in [2.45, 2.75) is 34.1 Å². The highest BCUT2D eigenvalue weighted by Crippen LogP contribution is 2.19. The fourth-order valence-electron chi connectivity index (χ4n) is 2.52. The Labute approximate surface area is 150 Å². The van der Waals surface area contributed by atoms with Crippen LogP contribution in [-0.2, 0) is 0 Å². The van der Waals surface area contributed by atoms with Crippen molar-refractivity contribution in [3.8, 4) is 0 Å². The zero-order chi connectivity index (χ0) is 17.5. The molecular formula is C20H25N3S. The molecule has 3 nitrogen and oxygen atoms in total. The highest BCUT2D eigenvalue weighted by molar-refractivity contribution is 7.80. The normalized spacial score (nSPS) is 11.5. The lowest BCUT2D eigenvalue weighted by Gasteiger charge is -2.14. The van der Waals surface area contributed by atoms with Gasteiger partial charge in [0.2, 0.25) is 0 Å². The molecule has 0 heterocycles. The van der Waals surface area contributed by atoms with Crippen LogP contribution in [0.5, 0.6) is 0 Å². The standard InChI is InChI=1S/C20H25N3S/c1-14(2)13-18(17-11-6-5-7-12-17)22-23-20(24)21-19-15(3)9-8-10-16(19)4/h5-12,14H,13H2,1-4H3,(H2,21,23,24)/b22-18-. The molecule has 24 heavy (non-hydrogen) atoms. The van der Waals surface area contributed by atoms with Gasteiger partial charge in [-0.15, -0.1) is 0 Å². The lowest BCUT2D eigenvalue weighted by molar-refractivity contribution is 0.681. The van der Waals surface area contributed by atoms with E-state index in [1.54, 1.807) is 0 Å². The number of nitrogens with one attached hydrogen (secondary N) is 2. The van der Waals surface area contributed by atoms with Gasteiger partial charge in [0.1, 0.15) is 0 Å². The second-order valence-electron chi connectivity index (χ2n) is 6.36. The summed E-state index contributed by atoms with van der Waals surface area (Å²) in [5.74, 6) is 0.519. The SMILES string of the molecule is Cc1cccc(C)c1NC(=S)N/N=C(/CC(C)C)c1ccccc1. The summed E-state index contributed by atoms with van der Waals surface area (Å²) >= 11 is 5.41. The van der Waals surface area contributed by atoms with E-state index in [0.29, 0.717) is 11.0 Å². The molecule has 0 unspecified atom stereocenters. The average molecular weight is 340 g/mol. The molecule has 0 aliphatic heterocycles. The van der Waals surface area contributed by atoms with Crippen molar-refractivity contribution < 1.29 is 0 Å². The van der Waals surface area contributed by atoms with E-state index in [9.17, 15) is 0 Å². The van der Waals surface area contributed by atoms with Crippen LogP contribution in [0.15, 0.2) is 53.6 Å². The van der Waals surface area contributed by atoms with Crippen LogP contribution >= 0.6 is 12.2 Å². The number of hydrogen-bond acceptors (Lipinski definition) is 2. The second-order valence-corrected chi connectivity index (χ2v) is 6.76. The third-order valence-corrected chi connectivity index (χ3v) is 3.91. The summed E-state index contributed by atoms with van der Waals surface area (Å²) in [6.45, 7) is 8.50. The molecular weight excluding hydrogens is 314 g/mol. The molecule has 0 spiro atoms. The number of para-hydroxylation sites is 1. The van der Waals surface area contributed by atoms with Gasteiger partial charge in [-0.3, -0.25) is 5.43 Å². The number of thiocarbonyl (C=S) groups is 1. The largest absolute Gasteiger partial charge is 0.331 e. The molecule has 2 rings (SSSR count). The van der Waals surface area contributed by atoms with E-state index < -0.39 is 0 Å². The van der Waals surface area contributed by atoms with Crippen LogP contribution in [0, 0.1) is 19.8 Å². The quantitative estimate of drug-likeness (QED) is 0.455. The Bertz CT molecular complexity index is 701. The molecule has 126 valence electrons. The minimum absolute atomic E-state index is 0.504. The molecule has 0 aliphatic carbocycles. The van der Waals surface area contributed by atoms with Gasteiger partial charge in [-0.25, -0.2) is 0 Å². The van der Waals surface area contributed by atoms with Crippen molar-refractivity contribution >= 4 is 28.7 Å². The number of hydrogen-bond donors (Lipinski definition) is 2. The Balaban J connectivity index is 2.12. The monoisotopic (exact) mass is 339 g/mol. The van der Waals surface area contributed by atoms with Crippen LogP contribution < -0.4 is 10.7 Å². The molecule has 0 fully saturated rings. The average Bonchev–Trinajstić information content (AvgIpc) is 2.55. The Morgan fingerprint density at radius 1 is 1.00 bits per heavy atom. The first-order chi connectivity index (χ1) is 11.5. The first kappa shape index (κ1) is 18.1. The number of aryl methyl sites for hydroxylation is 2. The fourth-order valence-corrected chi connectivity index (χ4v) is 2.66. The van der Waals surface area contributed by atoms with Crippen LogP contribution in [0.4, 0.5) is 5.69 Å². The zero-order valence-corrected chi connectivity index (χ0v) is 15.6. The predicted octanol–water partition coefficient (Wildman–Crippen LogP) is 5.04. The van der Waals surface area contributed by atoms with E-state index in [1.807, 2.05) is 24.3 Å². The van der Waals surface area contributed by atoms with E-state index in [2.05, 4.69) is 67.8 Å². The summed E-state index contributed by atoms with van der Waals surface area (Å²) in [4.78, 5) is 0. The number of rotatable bonds is 5. The number of nitrogens with zero attached hydrogens (tertiary/aromatic N) is 1. The number of benzene rings is 2. The van der Waals surface area contributed by atoms with Gasteiger partial charge in [-0.2, -0.15) is 5.10 Å². The van der Waals surface area contributed by atoms with Crippen molar-refractivity contribution in [3.05, 3.63) is 65.2 Å². The molecule has 2 N–H and O–H groups in total. The fraction of sp³-hybridized carbons (Fsp3) is 0.300. The van der Waals surface area contributed by atoms with E-state index >= 15 is 0 Å². The first-order valence-corrected chi connectivity index (χ1v) is 8.63. The van der Waals surface area contributed by atoms with Gasteiger partial charge < -0.3 is 5.32 Å². The lowest BCUT2D eigenvalue weighted by Crippen LogP contribution is -2.26. The summed E-state index contributed by atoms with van der Waals surface area (Å²) in [6.07, 6.45) is 0.892. The summed E-state index contributed by atoms with van der Waals surface area (Å²) < 4.78 is 0. The van der Waals surface area contributed by atoms with Crippen LogP contribution in [0.25, 0.3) is 0 Å². The van der Waals surface area contributed by atoms with Crippen LogP contribution in [0.3, 0.4) is 0 Å². The molecule has 0 aromatic heterocycles. The van der Waals surface area contributed by atoms with Crippen LogP contribution in [0.2, 0.25) is 0 Å². The van der Waals surface area contributed by atoms with E-state index in [-0.39, 0.29) is 0 Å². The van der Waals surface area contributed by atoms with Crippen molar-refractivity contribution in [1.29, 1.82) is 0 Å². The number of anilines is 1. The van der Waals surface area contributed by atoms with Gasteiger partial charge in [0.05, 0.1) is 5.71 Å². The maximum Gasteiger partial charge on any atom is 0.191 e. The van der Waals surface area contributed by atoms with Crippen molar-refractivity contribution in [1.82, 2.24) is 5.43 Å². The highest BCUT2D eigenvalue weighted by Gasteiger charge is 2.08. The van der Waals surface area contributed by atoms with Gasteiger partial charge in [0, 0.05) is 5.69 Å². The van der Waals surface area contributed by atoms with Crippen LogP contribution in [-0.4, -0.2) is 10.8 Å². The molecule has 0 aliphatic rings. The van der Waals surface area contributed by atoms with Crippen molar-refractivity contribution in [2.75, 3.05) is 5.32 Å². The molecule has 0 saturated carbocycles. The van der Waals surface area contributed by atoms with E-state index in [1.165, 1.54) is 0 Å². The molecule has 2 aromatic carbocycles. The second kappa shape index (κ2) is 8.60. The molecule has 0 bridgehead atoms. The Kier molecular flexibility index (Phi) is 6.50. The van der Waals surface area contributed by atoms with Gasteiger partial charge in [0.15, 0.2) is 5.11 Å². The Morgan fingerprint density at radius 3 is 2.21 bits per heavy atom. The van der Waals surface area contributed by atoms with Crippen molar-refractivity contribution in [3.63, 3.8) is 0 Å². The maximum atomic E-state index is 5.41. The minimum Gasteiger partial charge on any atom is -0.331 e. The molecule has 0 radical (unpaired) electrons. The summed E-state index contributed by atoms with van der Waals surface area (Å²) in [5.41, 5.74) is 8.49. The van der Waals surface area contributed by atoms with Crippen LogP contribution in [0.1, 0.15) is 37.0 Å². The van der Waals surface area contributed by atoms with Gasteiger partial charge in [-0.05, 0) is 55.1 Å². The number of hydrazone groups is 1. The van der Waals surface area contributed by atoms with Gasteiger partial charge in [-0.1, -0.05) is 62.4 Å². The third-order valence-electron chi connectivity index (χ3n) is 3.72. The van der Waals surface area contributed by atoms with Crippen molar-refractivity contribution in [2.24, 2.45) is 11.0 Å². The summed E-state index contributed by atoms with van der Waals surface area (Å²) in [7, 11) is 0. The minimum atomic E-state index is 0.504. The van der Waals surface area contributed by atoms with E-state index in [4.69, 9.17) is 12.2 Å². The predicted molar refractivity (Wildman–Crippen MR) is 108 cm³/mol. The molecule has 0 atom stereocenters. The molecule has 2 aromatic rings. The van der Waals surface area contributed by atoms with Gasteiger partial charge in [0.25, 0.3) is 0 Å². The first-order valence-electron chi connectivity index (χ1n) is 8.22. The van der Waals surface area contributed by atoms with E-state index in [0.717, 1.165) is 34.5 Å². The molecule has 0 saturated heterocycles. The maximum absolute atomic E-state index is 5.41. The summed E-state index contributed by atoms with van der Waals surface area (Å²) in [6, 6.07) is 16.4. The van der Waals surface area contributed by atoms with Gasteiger partial charge >= 0.3 is 0 Å². The topological polar surface area (TPSA) is 36.4 Å². The third kappa shape index (κ3) is 5.17. The molecule has 4 heteroatoms. The molecule has 0 amide bonds. The zero-order valence-electron chi connectivity index (χ0n) is 14.8. The highest BCUT2D eigenvalue weighted by atomic mass is 32.1.